The highest BCUT2D eigenvalue weighted by atomic mass is 16.6. The maximum Gasteiger partial charge on any atom is 0.306 e. The lowest BCUT2D eigenvalue weighted by molar-refractivity contribution is -0.158. The van der Waals surface area contributed by atoms with Gasteiger partial charge in [0.05, 0.1) is 19.4 Å². The van der Waals surface area contributed by atoms with Crippen LogP contribution >= 0.6 is 0 Å². The van der Waals surface area contributed by atoms with Gasteiger partial charge in [-0.25, -0.2) is 0 Å². The van der Waals surface area contributed by atoms with E-state index in [1.54, 1.807) is 20.8 Å². The van der Waals surface area contributed by atoms with Gasteiger partial charge in [-0.3, -0.25) is 9.59 Å². The van der Waals surface area contributed by atoms with Gasteiger partial charge in [0.25, 0.3) is 0 Å². The zero-order valence-electron chi connectivity index (χ0n) is 10.1. The molecule has 0 fully saturated rings. The van der Waals surface area contributed by atoms with Gasteiger partial charge < -0.3 is 14.6 Å². The zero-order valence-corrected chi connectivity index (χ0v) is 10.1. The molecule has 16 heavy (non-hydrogen) atoms. The number of ether oxygens (including phenoxy) is 2. The van der Waals surface area contributed by atoms with Crippen LogP contribution in [0.3, 0.4) is 0 Å². The van der Waals surface area contributed by atoms with E-state index in [1.165, 1.54) is 0 Å². The first-order valence-corrected chi connectivity index (χ1v) is 5.33. The average Bonchev–Trinajstić information content (AvgIpc) is 2.12. The molecular weight excluding hydrogens is 212 g/mol. The molecule has 5 nitrogen and oxygen atoms in total. The third kappa shape index (κ3) is 9.45. The summed E-state index contributed by atoms with van der Waals surface area (Å²) in [5.41, 5.74) is -0.530. The van der Waals surface area contributed by atoms with E-state index in [2.05, 4.69) is 0 Å². The quantitative estimate of drug-likeness (QED) is 0.547. The Morgan fingerprint density at radius 3 is 2.19 bits per heavy atom. The first-order chi connectivity index (χ1) is 7.35. The molecule has 0 aliphatic rings. The van der Waals surface area contributed by atoms with Crippen molar-refractivity contribution in [3.8, 4) is 0 Å². The molecule has 94 valence electrons. The lowest BCUT2D eigenvalue weighted by Gasteiger charge is -2.19. The molecule has 0 aromatic carbocycles. The number of esters is 2. The van der Waals surface area contributed by atoms with Crippen LogP contribution in [0.4, 0.5) is 0 Å². The van der Waals surface area contributed by atoms with Crippen molar-refractivity contribution in [3.63, 3.8) is 0 Å². The summed E-state index contributed by atoms with van der Waals surface area (Å²) in [5.74, 6) is -0.856. The third-order valence-electron chi connectivity index (χ3n) is 1.52. The zero-order chi connectivity index (χ0) is 12.6. The predicted octanol–water partition coefficient (Wildman–Crippen LogP) is 1.03. The molecule has 0 aromatic rings. The normalized spacial score (nSPS) is 11.0. The monoisotopic (exact) mass is 232 g/mol. The molecule has 0 radical (unpaired) electrons. The highest BCUT2D eigenvalue weighted by molar-refractivity contribution is 5.77. The molecule has 0 aliphatic heterocycles. The Morgan fingerprint density at radius 1 is 1.12 bits per heavy atom. The number of carbonyl (C=O) groups excluding carboxylic acids is 2. The second kappa shape index (κ2) is 7.22. The van der Waals surface area contributed by atoms with Crippen LogP contribution in [0.15, 0.2) is 0 Å². The minimum Gasteiger partial charge on any atom is -0.466 e. The second-order valence-electron chi connectivity index (χ2n) is 4.38. The van der Waals surface area contributed by atoms with Crippen molar-refractivity contribution in [2.45, 2.75) is 45.6 Å². The van der Waals surface area contributed by atoms with Crippen molar-refractivity contribution in [1.29, 1.82) is 0 Å². The SMILES string of the molecule is CC(C)(C)OC(=O)CCC(=O)OCCCO. The number of hydrogen-bond acceptors (Lipinski definition) is 5. The van der Waals surface area contributed by atoms with E-state index in [-0.39, 0.29) is 26.1 Å². The summed E-state index contributed by atoms with van der Waals surface area (Å²) in [5, 5.41) is 8.46. The van der Waals surface area contributed by atoms with Crippen molar-refractivity contribution in [2.24, 2.45) is 0 Å². The maximum atomic E-state index is 11.2. The summed E-state index contributed by atoms with van der Waals surface area (Å²) < 4.78 is 9.78. The van der Waals surface area contributed by atoms with Gasteiger partial charge in [-0.05, 0) is 20.8 Å². The van der Waals surface area contributed by atoms with Crippen LogP contribution in [0.25, 0.3) is 0 Å². The molecular formula is C11H20O5. The number of aliphatic hydroxyl groups excluding tert-OH is 1. The van der Waals surface area contributed by atoms with Gasteiger partial charge in [0.1, 0.15) is 5.60 Å². The lowest BCUT2D eigenvalue weighted by atomic mass is 10.2. The van der Waals surface area contributed by atoms with Gasteiger partial charge in [0.15, 0.2) is 0 Å². The molecule has 0 heterocycles. The molecule has 0 spiro atoms. The van der Waals surface area contributed by atoms with E-state index >= 15 is 0 Å². The first-order valence-electron chi connectivity index (χ1n) is 5.33. The molecule has 5 heteroatoms. The van der Waals surface area contributed by atoms with Crippen LogP contribution in [0.5, 0.6) is 0 Å². The summed E-state index contributed by atoms with van der Waals surface area (Å²) in [7, 11) is 0. The van der Waals surface area contributed by atoms with Crippen LogP contribution < -0.4 is 0 Å². The molecule has 0 amide bonds. The summed E-state index contributed by atoms with van der Waals surface area (Å²) >= 11 is 0. The standard InChI is InChI=1S/C11H20O5/c1-11(2,3)16-10(14)6-5-9(13)15-8-4-7-12/h12H,4-8H2,1-3H3. The summed E-state index contributed by atoms with van der Waals surface area (Å²) in [6.45, 7) is 5.47. The number of hydrogen-bond donors (Lipinski definition) is 1. The van der Waals surface area contributed by atoms with Gasteiger partial charge in [0, 0.05) is 13.0 Å². The fourth-order valence-electron chi connectivity index (χ4n) is 0.919. The van der Waals surface area contributed by atoms with Crippen LogP contribution in [-0.2, 0) is 19.1 Å². The molecule has 0 saturated heterocycles. The van der Waals surface area contributed by atoms with E-state index in [1.807, 2.05) is 0 Å². The van der Waals surface area contributed by atoms with Crippen molar-refractivity contribution in [3.05, 3.63) is 0 Å². The van der Waals surface area contributed by atoms with E-state index < -0.39 is 17.5 Å². The molecule has 0 aliphatic carbocycles. The lowest BCUT2D eigenvalue weighted by Crippen LogP contribution is -2.24. The van der Waals surface area contributed by atoms with Crippen LogP contribution in [0, 0.1) is 0 Å². The summed E-state index contributed by atoms with van der Waals surface area (Å²) in [6.07, 6.45) is 0.452. The largest absolute Gasteiger partial charge is 0.466 e. The Labute approximate surface area is 95.7 Å². The van der Waals surface area contributed by atoms with Crippen molar-refractivity contribution < 1.29 is 24.2 Å². The number of carbonyl (C=O) groups is 2. The topological polar surface area (TPSA) is 72.8 Å². The fraction of sp³-hybridized carbons (Fsp3) is 0.818. The van der Waals surface area contributed by atoms with Crippen LogP contribution in [0.1, 0.15) is 40.0 Å². The Bertz CT molecular complexity index is 229. The van der Waals surface area contributed by atoms with Crippen molar-refractivity contribution in [1.82, 2.24) is 0 Å². The minimum atomic E-state index is -0.530. The molecule has 1 N–H and O–H groups in total. The van der Waals surface area contributed by atoms with E-state index in [0.717, 1.165) is 0 Å². The van der Waals surface area contributed by atoms with Gasteiger partial charge in [-0.2, -0.15) is 0 Å². The van der Waals surface area contributed by atoms with Crippen LogP contribution in [-0.4, -0.2) is 35.9 Å². The molecule has 0 rings (SSSR count). The smallest absolute Gasteiger partial charge is 0.306 e. The Hall–Kier alpha value is -1.10. The predicted molar refractivity (Wildman–Crippen MR) is 57.7 cm³/mol. The molecule has 0 aromatic heterocycles. The van der Waals surface area contributed by atoms with E-state index in [0.29, 0.717) is 6.42 Å². The Balaban J connectivity index is 3.63. The fourth-order valence-corrected chi connectivity index (χ4v) is 0.919. The van der Waals surface area contributed by atoms with Gasteiger partial charge in [-0.15, -0.1) is 0 Å². The Morgan fingerprint density at radius 2 is 1.69 bits per heavy atom. The molecule has 0 bridgehead atoms. The van der Waals surface area contributed by atoms with Gasteiger partial charge in [0.2, 0.25) is 0 Å². The average molecular weight is 232 g/mol. The third-order valence-corrected chi connectivity index (χ3v) is 1.52. The minimum absolute atomic E-state index is 0.0142. The van der Waals surface area contributed by atoms with E-state index in [4.69, 9.17) is 14.6 Å². The highest BCUT2D eigenvalue weighted by Crippen LogP contribution is 2.09. The number of aliphatic hydroxyl groups is 1. The molecule has 0 atom stereocenters. The summed E-state index contributed by atoms with van der Waals surface area (Å²) in [4.78, 5) is 22.3. The van der Waals surface area contributed by atoms with Gasteiger partial charge >= 0.3 is 11.9 Å². The van der Waals surface area contributed by atoms with Crippen molar-refractivity contribution >= 4 is 11.9 Å². The second-order valence-corrected chi connectivity index (χ2v) is 4.38. The van der Waals surface area contributed by atoms with Crippen LogP contribution in [0.2, 0.25) is 0 Å². The van der Waals surface area contributed by atoms with Gasteiger partial charge in [-0.1, -0.05) is 0 Å². The maximum absolute atomic E-state index is 11.2. The molecule has 0 unspecified atom stereocenters. The Kier molecular flexibility index (Phi) is 6.72. The first kappa shape index (κ1) is 14.9. The molecule has 0 saturated carbocycles. The van der Waals surface area contributed by atoms with E-state index in [9.17, 15) is 9.59 Å². The highest BCUT2D eigenvalue weighted by Gasteiger charge is 2.17. The number of rotatable bonds is 6. The van der Waals surface area contributed by atoms with Crippen molar-refractivity contribution in [2.75, 3.05) is 13.2 Å². The summed E-state index contributed by atoms with van der Waals surface area (Å²) in [6, 6.07) is 0.